The zero-order valence-corrected chi connectivity index (χ0v) is 8.54. The highest BCUT2D eigenvalue weighted by Crippen LogP contribution is 2.46. The topological polar surface area (TPSA) is 46.5 Å². The molecule has 0 aliphatic heterocycles. The number of aliphatic hydroxyl groups is 1. The van der Waals surface area contributed by atoms with Crippen LogP contribution in [-0.2, 0) is 9.53 Å². The first-order valence-corrected chi connectivity index (χ1v) is 4.88. The van der Waals surface area contributed by atoms with Gasteiger partial charge in [-0.15, -0.1) is 0 Å². The Morgan fingerprint density at radius 1 is 1.71 bits per heavy atom. The Morgan fingerprint density at radius 2 is 2.43 bits per heavy atom. The first-order chi connectivity index (χ1) is 6.62. The van der Waals surface area contributed by atoms with Crippen LogP contribution in [0.1, 0.15) is 12.8 Å². The molecule has 0 aromatic rings. The van der Waals surface area contributed by atoms with E-state index in [0.717, 1.165) is 12.8 Å². The number of halogens is 1. The van der Waals surface area contributed by atoms with Crippen LogP contribution < -0.4 is 0 Å². The Bertz CT molecular complexity index is 345. The molecule has 2 atom stereocenters. The smallest absolute Gasteiger partial charge is 0.217 e. The molecule has 2 rings (SSSR count). The van der Waals surface area contributed by atoms with Gasteiger partial charge in [0, 0.05) is 5.92 Å². The molecule has 2 aliphatic carbocycles. The van der Waals surface area contributed by atoms with Crippen LogP contribution in [-0.4, -0.2) is 23.6 Å². The SMILES string of the molecule is COC1=C(Cl)C(=O)C1(O)C1C=CCC1. The van der Waals surface area contributed by atoms with E-state index >= 15 is 0 Å². The molecule has 14 heavy (non-hydrogen) atoms. The molecule has 0 heterocycles. The van der Waals surface area contributed by atoms with Gasteiger partial charge in [-0.25, -0.2) is 0 Å². The molecule has 0 aromatic carbocycles. The van der Waals surface area contributed by atoms with E-state index in [1.807, 2.05) is 12.2 Å². The summed E-state index contributed by atoms with van der Waals surface area (Å²) in [6.45, 7) is 0. The van der Waals surface area contributed by atoms with Crippen molar-refractivity contribution in [2.24, 2.45) is 5.92 Å². The van der Waals surface area contributed by atoms with E-state index in [9.17, 15) is 9.90 Å². The molecule has 0 spiro atoms. The number of hydrogen-bond acceptors (Lipinski definition) is 3. The molecular formula is C10H11ClO3. The van der Waals surface area contributed by atoms with E-state index in [2.05, 4.69) is 0 Å². The number of rotatable bonds is 2. The number of carbonyl (C=O) groups is 1. The van der Waals surface area contributed by atoms with Gasteiger partial charge in [0.1, 0.15) is 5.03 Å². The predicted octanol–water partition coefficient (Wildman–Crippen LogP) is 1.36. The maximum absolute atomic E-state index is 11.5. The third kappa shape index (κ3) is 0.996. The molecule has 0 bridgehead atoms. The van der Waals surface area contributed by atoms with Crippen LogP contribution in [0.3, 0.4) is 0 Å². The highest BCUT2D eigenvalue weighted by Gasteiger charge is 2.58. The number of hydrogen-bond donors (Lipinski definition) is 1. The summed E-state index contributed by atoms with van der Waals surface area (Å²) >= 11 is 5.65. The number of Topliss-reactive ketones (excluding diaryl/α,β-unsaturated/α-hetero) is 1. The van der Waals surface area contributed by atoms with Crippen molar-refractivity contribution in [2.45, 2.75) is 18.4 Å². The lowest BCUT2D eigenvalue weighted by molar-refractivity contribution is -0.142. The summed E-state index contributed by atoms with van der Waals surface area (Å²) in [7, 11) is 1.41. The molecule has 1 N–H and O–H groups in total. The molecule has 3 nitrogen and oxygen atoms in total. The van der Waals surface area contributed by atoms with E-state index in [1.165, 1.54) is 7.11 Å². The molecule has 0 amide bonds. The number of carbonyl (C=O) groups excluding carboxylic acids is 1. The van der Waals surface area contributed by atoms with Crippen molar-refractivity contribution in [2.75, 3.05) is 7.11 Å². The fraction of sp³-hybridized carbons (Fsp3) is 0.500. The Labute approximate surface area is 87.0 Å². The van der Waals surface area contributed by atoms with Crippen molar-refractivity contribution < 1.29 is 14.6 Å². The summed E-state index contributed by atoms with van der Waals surface area (Å²) in [6.07, 6.45) is 5.45. The molecular weight excluding hydrogens is 204 g/mol. The lowest BCUT2D eigenvalue weighted by Crippen LogP contribution is -2.54. The average molecular weight is 215 g/mol. The minimum absolute atomic E-state index is 0.0234. The van der Waals surface area contributed by atoms with Crippen molar-refractivity contribution >= 4 is 17.4 Å². The van der Waals surface area contributed by atoms with E-state index in [1.54, 1.807) is 0 Å². The maximum Gasteiger partial charge on any atom is 0.217 e. The van der Waals surface area contributed by atoms with E-state index in [-0.39, 0.29) is 16.7 Å². The van der Waals surface area contributed by atoms with Crippen LogP contribution in [0, 0.1) is 5.92 Å². The molecule has 0 aromatic heterocycles. The number of allylic oxidation sites excluding steroid dienone is 1. The first kappa shape index (κ1) is 9.74. The van der Waals surface area contributed by atoms with Gasteiger partial charge < -0.3 is 9.84 Å². The molecule has 0 saturated carbocycles. The number of ether oxygens (including phenoxy) is 1. The monoisotopic (exact) mass is 214 g/mol. The largest absolute Gasteiger partial charge is 0.496 e. The standard InChI is InChI=1S/C10H11ClO3/c1-14-9-7(11)8(12)10(9,13)6-4-2-3-5-6/h2,4,6,13H,3,5H2,1H3. The Morgan fingerprint density at radius 3 is 2.93 bits per heavy atom. The van der Waals surface area contributed by atoms with E-state index in [4.69, 9.17) is 16.3 Å². The summed E-state index contributed by atoms with van der Waals surface area (Å²) in [5.41, 5.74) is -1.50. The van der Waals surface area contributed by atoms with Gasteiger partial charge in [0.2, 0.25) is 5.78 Å². The first-order valence-electron chi connectivity index (χ1n) is 4.50. The fourth-order valence-electron chi connectivity index (χ4n) is 2.04. The molecule has 76 valence electrons. The number of ketones is 1. The number of methoxy groups -OCH3 is 1. The van der Waals surface area contributed by atoms with Crippen molar-refractivity contribution in [3.8, 4) is 0 Å². The Balaban J connectivity index is 2.34. The summed E-state index contributed by atoms with van der Waals surface area (Å²) < 4.78 is 4.94. The molecule has 2 unspecified atom stereocenters. The Kier molecular flexibility index (Phi) is 2.16. The maximum atomic E-state index is 11.5. The van der Waals surface area contributed by atoms with Crippen LogP contribution in [0.2, 0.25) is 0 Å². The average Bonchev–Trinajstić information content (AvgIpc) is 2.70. The quantitative estimate of drug-likeness (QED) is 0.707. The second-order valence-corrected chi connectivity index (χ2v) is 3.93. The van der Waals surface area contributed by atoms with Crippen LogP contribution in [0.15, 0.2) is 22.9 Å². The highest BCUT2D eigenvalue weighted by atomic mass is 35.5. The van der Waals surface area contributed by atoms with Crippen LogP contribution in [0.4, 0.5) is 0 Å². The van der Waals surface area contributed by atoms with Gasteiger partial charge in [-0.2, -0.15) is 0 Å². The van der Waals surface area contributed by atoms with Crippen molar-refractivity contribution in [3.05, 3.63) is 22.9 Å². The zero-order chi connectivity index (χ0) is 10.3. The van der Waals surface area contributed by atoms with Gasteiger partial charge in [0.05, 0.1) is 7.11 Å². The Hall–Kier alpha value is -0.800. The summed E-state index contributed by atoms with van der Waals surface area (Å²) in [6, 6.07) is 0. The van der Waals surface area contributed by atoms with Gasteiger partial charge in [-0.1, -0.05) is 23.8 Å². The lowest BCUT2D eigenvalue weighted by atomic mass is 9.74. The molecule has 0 saturated heterocycles. The van der Waals surface area contributed by atoms with E-state index in [0.29, 0.717) is 0 Å². The molecule has 4 heteroatoms. The molecule has 2 aliphatic rings. The minimum atomic E-state index is -1.50. The highest BCUT2D eigenvalue weighted by molar-refractivity contribution is 6.47. The van der Waals surface area contributed by atoms with Crippen LogP contribution >= 0.6 is 11.6 Å². The van der Waals surface area contributed by atoms with Crippen LogP contribution in [0.5, 0.6) is 0 Å². The van der Waals surface area contributed by atoms with Crippen LogP contribution in [0.25, 0.3) is 0 Å². The molecule has 0 radical (unpaired) electrons. The summed E-state index contributed by atoms with van der Waals surface area (Å²) in [5.74, 6) is -0.402. The minimum Gasteiger partial charge on any atom is -0.496 e. The second kappa shape index (κ2) is 3.11. The van der Waals surface area contributed by atoms with E-state index < -0.39 is 11.4 Å². The van der Waals surface area contributed by atoms with Gasteiger partial charge in [0.25, 0.3) is 0 Å². The zero-order valence-electron chi connectivity index (χ0n) is 7.79. The van der Waals surface area contributed by atoms with Crippen molar-refractivity contribution in [3.63, 3.8) is 0 Å². The summed E-state index contributed by atoms with van der Waals surface area (Å²) in [4.78, 5) is 11.5. The second-order valence-electron chi connectivity index (χ2n) is 3.55. The fourth-order valence-corrected chi connectivity index (χ4v) is 2.41. The normalized spacial score (nSPS) is 36.2. The molecule has 0 fully saturated rings. The third-order valence-electron chi connectivity index (χ3n) is 2.84. The van der Waals surface area contributed by atoms with Gasteiger partial charge in [0.15, 0.2) is 11.4 Å². The summed E-state index contributed by atoms with van der Waals surface area (Å²) in [5, 5.41) is 10.2. The van der Waals surface area contributed by atoms with Crippen molar-refractivity contribution in [1.82, 2.24) is 0 Å². The van der Waals surface area contributed by atoms with Gasteiger partial charge in [-0.3, -0.25) is 4.79 Å². The third-order valence-corrected chi connectivity index (χ3v) is 3.19. The van der Waals surface area contributed by atoms with Crippen molar-refractivity contribution in [1.29, 1.82) is 0 Å². The lowest BCUT2D eigenvalue weighted by Gasteiger charge is -2.39. The predicted molar refractivity (Wildman–Crippen MR) is 51.7 cm³/mol. The van der Waals surface area contributed by atoms with Gasteiger partial charge >= 0.3 is 0 Å². The van der Waals surface area contributed by atoms with Gasteiger partial charge in [-0.05, 0) is 12.8 Å².